The van der Waals surface area contributed by atoms with Gasteiger partial charge in [0, 0.05) is 26.2 Å². The van der Waals surface area contributed by atoms with Crippen molar-refractivity contribution in [2.75, 3.05) is 46.9 Å². The number of methoxy groups -OCH3 is 2. The van der Waals surface area contributed by atoms with Crippen molar-refractivity contribution in [3.05, 3.63) is 23.3 Å². The molecule has 0 unspecified atom stereocenters. The second-order valence-electron chi connectivity index (χ2n) is 6.10. The molecule has 0 radical (unpaired) electrons. The average molecular weight is 333 g/mol. The predicted molar refractivity (Wildman–Crippen MR) is 88.1 cm³/mol. The highest BCUT2D eigenvalue weighted by Crippen LogP contribution is 2.33. The Balaban J connectivity index is 1.66. The van der Waals surface area contributed by atoms with Crippen LogP contribution in [0.1, 0.15) is 11.1 Å². The third kappa shape index (κ3) is 3.46. The molecule has 0 saturated carbocycles. The van der Waals surface area contributed by atoms with E-state index in [9.17, 15) is 9.59 Å². The van der Waals surface area contributed by atoms with Gasteiger partial charge < -0.3 is 19.7 Å². The Morgan fingerprint density at radius 1 is 1.12 bits per heavy atom. The van der Waals surface area contributed by atoms with Crippen molar-refractivity contribution in [2.24, 2.45) is 0 Å². The van der Waals surface area contributed by atoms with Crippen molar-refractivity contribution >= 4 is 11.8 Å². The zero-order valence-corrected chi connectivity index (χ0v) is 14.1. The van der Waals surface area contributed by atoms with Crippen LogP contribution in [0.4, 0.5) is 0 Å². The molecule has 1 fully saturated rings. The lowest BCUT2D eigenvalue weighted by Gasteiger charge is -2.32. The summed E-state index contributed by atoms with van der Waals surface area (Å²) in [6.45, 7) is 3.12. The van der Waals surface area contributed by atoms with Crippen molar-refractivity contribution in [3.63, 3.8) is 0 Å². The van der Waals surface area contributed by atoms with Crippen LogP contribution in [0, 0.1) is 0 Å². The van der Waals surface area contributed by atoms with Crippen molar-refractivity contribution in [1.29, 1.82) is 0 Å². The molecular weight excluding hydrogens is 310 g/mol. The van der Waals surface area contributed by atoms with E-state index in [0.717, 1.165) is 24.3 Å². The first-order valence-corrected chi connectivity index (χ1v) is 8.11. The fraction of sp³-hybridized carbons (Fsp3) is 0.529. The van der Waals surface area contributed by atoms with E-state index in [1.54, 1.807) is 19.1 Å². The lowest BCUT2D eigenvalue weighted by atomic mass is 9.98. The van der Waals surface area contributed by atoms with Gasteiger partial charge in [-0.05, 0) is 29.7 Å². The molecule has 1 aromatic rings. The molecule has 1 N–H and O–H groups in total. The van der Waals surface area contributed by atoms with Gasteiger partial charge in [0.05, 0.1) is 27.3 Å². The van der Waals surface area contributed by atoms with Crippen LogP contribution in [0.2, 0.25) is 0 Å². The minimum Gasteiger partial charge on any atom is -0.493 e. The number of nitrogens with zero attached hydrogens (tertiary/aromatic N) is 2. The lowest BCUT2D eigenvalue weighted by molar-refractivity contribution is -0.139. The number of hydrogen-bond donors (Lipinski definition) is 1. The van der Waals surface area contributed by atoms with Crippen molar-refractivity contribution in [2.45, 2.75) is 13.0 Å². The molecule has 2 amide bonds. The first-order valence-electron chi connectivity index (χ1n) is 8.11. The Morgan fingerprint density at radius 3 is 2.50 bits per heavy atom. The van der Waals surface area contributed by atoms with Crippen LogP contribution >= 0.6 is 0 Å². The highest BCUT2D eigenvalue weighted by atomic mass is 16.5. The molecule has 0 aromatic heterocycles. The first-order chi connectivity index (χ1) is 11.6. The van der Waals surface area contributed by atoms with Gasteiger partial charge in [-0.1, -0.05) is 0 Å². The number of hydrogen-bond acceptors (Lipinski definition) is 5. The van der Waals surface area contributed by atoms with Crippen LogP contribution in [-0.2, 0) is 22.6 Å². The van der Waals surface area contributed by atoms with Crippen molar-refractivity contribution < 1.29 is 19.1 Å². The highest BCUT2D eigenvalue weighted by Gasteiger charge is 2.25. The summed E-state index contributed by atoms with van der Waals surface area (Å²) in [5.41, 5.74) is 2.39. The number of benzene rings is 1. The lowest BCUT2D eigenvalue weighted by Crippen LogP contribution is -2.52. The van der Waals surface area contributed by atoms with Gasteiger partial charge in [-0.15, -0.1) is 0 Å². The normalized spacial score (nSPS) is 17.9. The Morgan fingerprint density at radius 2 is 1.83 bits per heavy atom. The number of rotatable bonds is 4. The Kier molecular flexibility index (Phi) is 4.89. The van der Waals surface area contributed by atoms with Gasteiger partial charge in [0.25, 0.3) is 0 Å². The third-order valence-electron chi connectivity index (χ3n) is 4.55. The molecule has 2 aliphatic rings. The van der Waals surface area contributed by atoms with Crippen molar-refractivity contribution in [3.8, 4) is 11.5 Å². The van der Waals surface area contributed by atoms with Crippen LogP contribution in [-0.4, -0.2) is 68.6 Å². The molecule has 7 nitrogen and oxygen atoms in total. The summed E-state index contributed by atoms with van der Waals surface area (Å²) < 4.78 is 10.7. The van der Waals surface area contributed by atoms with Crippen LogP contribution < -0.4 is 14.8 Å². The number of amides is 2. The highest BCUT2D eigenvalue weighted by molar-refractivity contribution is 5.86. The van der Waals surface area contributed by atoms with E-state index in [1.807, 2.05) is 12.1 Å². The maximum atomic E-state index is 12.4. The molecule has 2 heterocycles. The largest absolute Gasteiger partial charge is 0.493 e. The Bertz CT molecular complexity index is 647. The molecule has 0 spiro atoms. The zero-order valence-electron chi connectivity index (χ0n) is 14.1. The summed E-state index contributed by atoms with van der Waals surface area (Å²) >= 11 is 0. The molecule has 0 atom stereocenters. The van der Waals surface area contributed by atoms with Gasteiger partial charge in [0.2, 0.25) is 11.8 Å². The molecule has 7 heteroatoms. The molecule has 1 saturated heterocycles. The van der Waals surface area contributed by atoms with E-state index < -0.39 is 0 Å². The number of ether oxygens (including phenoxy) is 2. The van der Waals surface area contributed by atoms with E-state index in [2.05, 4.69) is 10.2 Å². The van der Waals surface area contributed by atoms with Gasteiger partial charge in [-0.2, -0.15) is 0 Å². The fourth-order valence-electron chi connectivity index (χ4n) is 3.22. The van der Waals surface area contributed by atoms with Crippen LogP contribution in [0.5, 0.6) is 11.5 Å². The van der Waals surface area contributed by atoms with E-state index in [0.29, 0.717) is 31.9 Å². The van der Waals surface area contributed by atoms with Gasteiger partial charge in [-0.25, -0.2) is 0 Å². The van der Waals surface area contributed by atoms with E-state index in [4.69, 9.17) is 9.47 Å². The quantitative estimate of drug-likeness (QED) is 0.841. The third-order valence-corrected chi connectivity index (χ3v) is 4.55. The van der Waals surface area contributed by atoms with Gasteiger partial charge in [0.1, 0.15) is 0 Å². The number of nitrogens with one attached hydrogen (secondary N) is 1. The fourth-order valence-corrected chi connectivity index (χ4v) is 3.22. The first kappa shape index (κ1) is 16.6. The topological polar surface area (TPSA) is 71.1 Å². The average Bonchev–Trinajstić information content (AvgIpc) is 2.60. The van der Waals surface area contributed by atoms with Crippen molar-refractivity contribution in [1.82, 2.24) is 15.1 Å². The maximum Gasteiger partial charge on any atom is 0.239 e. The molecule has 0 aliphatic carbocycles. The number of carbonyl (C=O) groups excluding carboxylic acids is 2. The van der Waals surface area contributed by atoms with E-state index >= 15 is 0 Å². The smallest absolute Gasteiger partial charge is 0.239 e. The van der Waals surface area contributed by atoms with E-state index in [1.165, 1.54) is 5.56 Å². The second kappa shape index (κ2) is 7.09. The minimum atomic E-state index is -0.0876. The number of piperazine rings is 1. The predicted octanol–water partition coefficient (Wildman–Crippen LogP) is 0.0203. The summed E-state index contributed by atoms with van der Waals surface area (Å²) in [5, 5.41) is 2.73. The number of fused-ring (bicyclic) bond motifs is 1. The Labute approximate surface area is 141 Å². The second-order valence-corrected chi connectivity index (χ2v) is 6.10. The summed E-state index contributed by atoms with van der Waals surface area (Å²) in [5.74, 6) is 1.36. The van der Waals surface area contributed by atoms with Gasteiger partial charge >= 0.3 is 0 Å². The van der Waals surface area contributed by atoms with Crippen LogP contribution in [0.25, 0.3) is 0 Å². The monoisotopic (exact) mass is 333 g/mol. The summed E-state index contributed by atoms with van der Waals surface area (Å²) in [6.07, 6.45) is 0.865. The molecule has 2 aliphatic heterocycles. The standard InChI is InChI=1S/C17H23N3O4/c1-23-14-7-12-3-5-19(9-13(12)8-15(14)24-2)11-17(22)20-6-4-18-16(21)10-20/h7-8H,3-6,9-11H2,1-2H3,(H,18,21). The SMILES string of the molecule is COc1cc2c(cc1OC)CN(CC(=O)N1CCNC(=O)C1)CC2. The molecule has 0 bridgehead atoms. The Hall–Kier alpha value is -2.28. The summed E-state index contributed by atoms with van der Waals surface area (Å²) in [7, 11) is 3.25. The van der Waals surface area contributed by atoms with Crippen LogP contribution in [0.15, 0.2) is 12.1 Å². The van der Waals surface area contributed by atoms with E-state index in [-0.39, 0.29) is 18.4 Å². The summed E-state index contributed by atoms with van der Waals surface area (Å²) in [6, 6.07) is 4.00. The maximum absolute atomic E-state index is 12.4. The van der Waals surface area contributed by atoms with Crippen LogP contribution in [0.3, 0.4) is 0 Å². The molecule has 3 rings (SSSR count). The molecular formula is C17H23N3O4. The number of carbonyl (C=O) groups is 2. The zero-order chi connectivity index (χ0) is 17.1. The molecule has 1 aromatic carbocycles. The molecule has 24 heavy (non-hydrogen) atoms. The summed E-state index contributed by atoms with van der Waals surface area (Å²) in [4.78, 5) is 27.6. The van der Waals surface area contributed by atoms with Gasteiger partial charge in [-0.3, -0.25) is 14.5 Å². The minimum absolute atomic E-state index is 0.00813. The van der Waals surface area contributed by atoms with Gasteiger partial charge in [0.15, 0.2) is 11.5 Å². The molecule has 130 valence electrons.